The van der Waals surface area contributed by atoms with Gasteiger partial charge in [0.15, 0.2) is 6.61 Å². The minimum absolute atomic E-state index is 0.0287. The Labute approximate surface area is 141 Å². The van der Waals surface area contributed by atoms with Crippen LogP contribution in [0.25, 0.3) is 0 Å². The van der Waals surface area contributed by atoms with Crippen LogP contribution in [-0.2, 0) is 4.79 Å². The van der Waals surface area contributed by atoms with E-state index in [1.807, 2.05) is 31.2 Å². The van der Waals surface area contributed by atoms with Gasteiger partial charge in [0.1, 0.15) is 11.5 Å². The van der Waals surface area contributed by atoms with Crippen molar-refractivity contribution in [2.24, 2.45) is 0 Å². The third kappa shape index (κ3) is 6.61. The molecule has 0 spiro atoms. The lowest BCUT2D eigenvalue weighted by atomic mass is 10.2. The molecule has 0 saturated heterocycles. The molecule has 0 unspecified atom stereocenters. The van der Waals surface area contributed by atoms with Crippen LogP contribution in [0.15, 0.2) is 48.5 Å². The van der Waals surface area contributed by atoms with Crippen LogP contribution in [0.2, 0.25) is 5.02 Å². The third-order valence-corrected chi connectivity index (χ3v) is 3.30. The lowest BCUT2D eigenvalue weighted by Gasteiger charge is -2.09. The second kappa shape index (κ2) is 9.06. The van der Waals surface area contributed by atoms with Crippen molar-refractivity contribution in [2.45, 2.75) is 13.3 Å². The van der Waals surface area contributed by atoms with Crippen LogP contribution >= 0.6 is 11.6 Å². The first-order chi connectivity index (χ1) is 11.1. The van der Waals surface area contributed by atoms with Crippen molar-refractivity contribution in [3.63, 3.8) is 0 Å². The Hall–Kier alpha value is -2.20. The Morgan fingerprint density at radius 3 is 2.57 bits per heavy atom. The molecule has 2 rings (SSSR count). The summed E-state index contributed by atoms with van der Waals surface area (Å²) in [6.07, 6.45) is 0.733. The van der Waals surface area contributed by atoms with Crippen molar-refractivity contribution in [3.8, 4) is 11.5 Å². The summed E-state index contributed by atoms with van der Waals surface area (Å²) in [6.45, 7) is 3.09. The monoisotopic (exact) mass is 333 g/mol. The maximum atomic E-state index is 11.7. The number of halogens is 1. The van der Waals surface area contributed by atoms with E-state index < -0.39 is 0 Å². The second-order valence-electron chi connectivity index (χ2n) is 5.11. The van der Waals surface area contributed by atoms with E-state index >= 15 is 0 Å². The smallest absolute Gasteiger partial charge is 0.257 e. The number of rotatable bonds is 8. The minimum Gasteiger partial charge on any atom is -0.494 e. The number of ether oxygens (including phenoxy) is 2. The summed E-state index contributed by atoms with van der Waals surface area (Å²) < 4.78 is 11.0. The molecule has 0 aliphatic heterocycles. The number of nitrogens with one attached hydrogen (secondary N) is 1. The van der Waals surface area contributed by atoms with Crippen LogP contribution in [0.1, 0.15) is 12.0 Å². The molecule has 1 N–H and O–H groups in total. The van der Waals surface area contributed by atoms with Crippen LogP contribution < -0.4 is 14.8 Å². The van der Waals surface area contributed by atoms with Crippen molar-refractivity contribution >= 4 is 17.5 Å². The lowest BCUT2D eigenvalue weighted by molar-refractivity contribution is -0.123. The van der Waals surface area contributed by atoms with Crippen LogP contribution in [0.4, 0.5) is 0 Å². The zero-order valence-corrected chi connectivity index (χ0v) is 13.8. The normalized spacial score (nSPS) is 10.2. The average molecular weight is 334 g/mol. The van der Waals surface area contributed by atoms with E-state index in [0.717, 1.165) is 17.7 Å². The van der Waals surface area contributed by atoms with Gasteiger partial charge < -0.3 is 14.8 Å². The van der Waals surface area contributed by atoms with Crippen LogP contribution in [0.5, 0.6) is 11.5 Å². The van der Waals surface area contributed by atoms with E-state index in [9.17, 15) is 4.79 Å². The first-order valence-electron chi connectivity index (χ1n) is 7.48. The van der Waals surface area contributed by atoms with Gasteiger partial charge in [-0.15, -0.1) is 0 Å². The Morgan fingerprint density at radius 1 is 1.09 bits per heavy atom. The first-order valence-corrected chi connectivity index (χ1v) is 7.86. The van der Waals surface area contributed by atoms with Gasteiger partial charge in [0.2, 0.25) is 0 Å². The van der Waals surface area contributed by atoms with Gasteiger partial charge in [-0.3, -0.25) is 4.79 Å². The summed E-state index contributed by atoms with van der Waals surface area (Å²) in [5.41, 5.74) is 1.16. The standard InChI is InChI=1S/C18H20ClNO3/c1-14-5-2-7-16(11-14)22-10-4-9-20-18(21)13-23-17-8-3-6-15(19)12-17/h2-3,5-8,11-12H,4,9-10,13H2,1H3,(H,20,21). The van der Waals surface area contributed by atoms with E-state index in [2.05, 4.69) is 5.32 Å². The first kappa shape index (κ1) is 17.2. The molecule has 122 valence electrons. The van der Waals surface area contributed by atoms with Gasteiger partial charge in [-0.2, -0.15) is 0 Å². The highest BCUT2D eigenvalue weighted by Crippen LogP contribution is 2.16. The van der Waals surface area contributed by atoms with Crippen molar-refractivity contribution in [1.29, 1.82) is 0 Å². The Bertz CT molecular complexity index is 646. The van der Waals surface area contributed by atoms with Gasteiger partial charge in [-0.1, -0.05) is 29.8 Å². The fourth-order valence-electron chi connectivity index (χ4n) is 1.95. The van der Waals surface area contributed by atoms with E-state index in [0.29, 0.717) is 23.9 Å². The highest BCUT2D eigenvalue weighted by atomic mass is 35.5. The predicted molar refractivity (Wildman–Crippen MR) is 91.2 cm³/mol. The molecule has 0 fully saturated rings. The van der Waals surface area contributed by atoms with Gasteiger partial charge >= 0.3 is 0 Å². The van der Waals surface area contributed by atoms with Gasteiger partial charge in [0, 0.05) is 11.6 Å². The zero-order valence-electron chi connectivity index (χ0n) is 13.0. The van der Waals surface area contributed by atoms with Crippen molar-refractivity contribution in [3.05, 3.63) is 59.1 Å². The number of aryl methyl sites for hydroxylation is 1. The highest BCUT2D eigenvalue weighted by Gasteiger charge is 2.03. The molecule has 0 atom stereocenters. The van der Waals surface area contributed by atoms with Gasteiger partial charge in [0.05, 0.1) is 6.61 Å². The summed E-state index contributed by atoms with van der Waals surface area (Å²) in [5, 5.41) is 3.37. The van der Waals surface area contributed by atoms with Crippen molar-refractivity contribution < 1.29 is 14.3 Å². The summed E-state index contributed by atoms with van der Waals surface area (Å²) in [6, 6.07) is 14.8. The molecule has 0 radical (unpaired) electrons. The Kier molecular flexibility index (Phi) is 6.76. The van der Waals surface area contributed by atoms with E-state index in [1.165, 1.54) is 0 Å². The Morgan fingerprint density at radius 2 is 1.83 bits per heavy atom. The molecule has 2 aromatic carbocycles. The molecule has 4 nitrogen and oxygen atoms in total. The van der Waals surface area contributed by atoms with E-state index in [1.54, 1.807) is 24.3 Å². The predicted octanol–water partition coefficient (Wildman–Crippen LogP) is 3.61. The summed E-state index contributed by atoms with van der Waals surface area (Å²) in [7, 11) is 0. The second-order valence-corrected chi connectivity index (χ2v) is 5.55. The maximum absolute atomic E-state index is 11.7. The number of carbonyl (C=O) groups is 1. The molecule has 0 aliphatic carbocycles. The third-order valence-electron chi connectivity index (χ3n) is 3.07. The van der Waals surface area contributed by atoms with Gasteiger partial charge in [-0.05, 0) is 49.2 Å². The summed E-state index contributed by atoms with van der Waals surface area (Å²) >= 11 is 5.84. The number of hydrogen-bond acceptors (Lipinski definition) is 3. The van der Waals surface area contributed by atoms with Crippen molar-refractivity contribution in [1.82, 2.24) is 5.32 Å². The lowest BCUT2D eigenvalue weighted by Crippen LogP contribution is -2.30. The van der Waals surface area contributed by atoms with E-state index in [-0.39, 0.29) is 12.5 Å². The number of carbonyl (C=O) groups excluding carboxylic acids is 1. The van der Waals surface area contributed by atoms with Crippen LogP contribution in [0, 0.1) is 6.92 Å². The maximum Gasteiger partial charge on any atom is 0.257 e. The van der Waals surface area contributed by atoms with Crippen molar-refractivity contribution in [2.75, 3.05) is 19.8 Å². The molecule has 0 saturated carbocycles. The number of hydrogen-bond donors (Lipinski definition) is 1. The summed E-state index contributed by atoms with van der Waals surface area (Å²) in [5.74, 6) is 1.26. The molecule has 2 aromatic rings. The molecular formula is C18H20ClNO3. The molecule has 23 heavy (non-hydrogen) atoms. The summed E-state index contributed by atoms with van der Waals surface area (Å²) in [4.78, 5) is 11.7. The molecule has 0 heterocycles. The SMILES string of the molecule is Cc1cccc(OCCCNC(=O)COc2cccc(Cl)c2)c1. The quantitative estimate of drug-likeness (QED) is 0.751. The zero-order chi connectivity index (χ0) is 16.5. The molecule has 5 heteroatoms. The highest BCUT2D eigenvalue weighted by molar-refractivity contribution is 6.30. The number of amides is 1. The fourth-order valence-corrected chi connectivity index (χ4v) is 2.13. The molecule has 1 amide bonds. The molecule has 0 bridgehead atoms. The van der Waals surface area contributed by atoms with Gasteiger partial charge in [0.25, 0.3) is 5.91 Å². The fraction of sp³-hybridized carbons (Fsp3) is 0.278. The molecule has 0 aromatic heterocycles. The Balaban J connectivity index is 1.58. The molecular weight excluding hydrogens is 314 g/mol. The van der Waals surface area contributed by atoms with Crippen LogP contribution in [-0.4, -0.2) is 25.7 Å². The minimum atomic E-state index is -0.166. The average Bonchev–Trinajstić information content (AvgIpc) is 2.53. The van der Waals surface area contributed by atoms with Crippen LogP contribution in [0.3, 0.4) is 0 Å². The van der Waals surface area contributed by atoms with Gasteiger partial charge in [-0.25, -0.2) is 0 Å². The largest absolute Gasteiger partial charge is 0.494 e. The topological polar surface area (TPSA) is 47.6 Å². The van der Waals surface area contributed by atoms with E-state index in [4.69, 9.17) is 21.1 Å². The molecule has 0 aliphatic rings. The number of benzene rings is 2.